The normalized spacial score (nSPS) is 9.00. The zero-order valence-corrected chi connectivity index (χ0v) is 9.61. The van der Waals surface area contributed by atoms with Crippen molar-refractivity contribution in [2.45, 2.75) is 6.54 Å². The molecule has 0 amide bonds. The van der Waals surface area contributed by atoms with Crippen molar-refractivity contribution in [3.63, 3.8) is 0 Å². The summed E-state index contributed by atoms with van der Waals surface area (Å²) in [5.74, 6) is 0. The van der Waals surface area contributed by atoms with Gasteiger partial charge in [0.25, 0.3) is 0 Å². The van der Waals surface area contributed by atoms with Crippen molar-refractivity contribution in [1.82, 2.24) is 5.32 Å². The van der Waals surface area contributed by atoms with Crippen LogP contribution in [0.5, 0.6) is 0 Å². The second-order valence-corrected chi connectivity index (χ2v) is 3.46. The molecule has 0 atom stereocenters. The van der Waals surface area contributed by atoms with Crippen molar-refractivity contribution in [3.05, 3.63) is 47.0 Å². The molecule has 0 unspecified atom stereocenters. The Balaban J connectivity index is 0.00000144. The van der Waals surface area contributed by atoms with Crippen molar-refractivity contribution in [3.8, 4) is 0 Å². The third kappa shape index (κ3) is 5.09. The van der Waals surface area contributed by atoms with Gasteiger partial charge in [-0.1, -0.05) is 34.1 Å². The Morgan fingerprint density at radius 2 is 1.92 bits per heavy atom. The highest BCUT2D eigenvalue weighted by Gasteiger charge is 1.90. The highest BCUT2D eigenvalue weighted by atomic mass is 79.9. The quantitative estimate of drug-likeness (QED) is 0.581. The Bertz CT molecular complexity index is 246. The van der Waals surface area contributed by atoms with E-state index in [1.807, 2.05) is 18.2 Å². The fourth-order valence-electron chi connectivity index (χ4n) is 0.921. The van der Waals surface area contributed by atoms with Crippen molar-refractivity contribution in [1.29, 1.82) is 0 Å². The molecular weight excluding hydrogens is 249 g/mol. The lowest BCUT2D eigenvalue weighted by atomic mass is 10.2. The van der Waals surface area contributed by atoms with Crippen LogP contribution in [0.15, 0.2) is 41.4 Å². The number of hydrogen-bond acceptors (Lipinski definition) is 1. The van der Waals surface area contributed by atoms with Crippen molar-refractivity contribution >= 4 is 15.9 Å². The Morgan fingerprint density at radius 1 is 1.31 bits per heavy atom. The van der Waals surface area contributed by atoms with E-state index in [4.69, 9.17) is 0 Å². The molecule has 3 heteroatoms. The van der Waals surface area contributed by atoms with Crippen LogP contribution in [-0.4, -0.2) is 6.54 Å². The minimum absolute atomic E-state index is 0. The van der Waals surface area contributed by atoms with Crippen LogP contribution in [-0.2, 0) is 6.54 Å². The molecular formula is C10H12BrClN-. The lowest BCUT2D eigenvalue weighted by molar-refractivity contribution is -0.00000236. The van der Waals surface area contributed by atoms with E-state index in [2.05, 4.69) is 40.0 Å². The highest BCUT2D eigenvalue weighted by molar-refractivity contribution is 9.10. The van der Waals surface area contributed by atoms with E-state index in [9.17, 15) is 0 Å². The average Bonchev–Trinajstić information content (AvgIpc) is 2.09. The van der Waals surface area contributed by atoms with Gasteiger partial charge in [0.2, 0.25) is 0 Å². The van der Waals surface area contributed by atoms with Gasteiger partial charge < -0.3 is 17.7 Å². The van der Waals surface area contributed by atoms with Gasteiger partial charge in [0.1, 0.15) is 0 Å². The Labute approximate surface area is 93.8 Å². The van der Waals surface area contributed by atoms with E-state index in [0.29, 0.717) is 0 Å². The maximum absolute atomic E-state index is 3.64. The highest BCUT2D eigenvalue weighted by Crippen LogP contribution is 2.09. The predicted molar refractivity (Wildman–Crippen MR) is 56.0 cm³/mol. The second kappa shape index (κ2) is 7.13. The van der Waals surface area contributed by atoms with Gasteiger partial charge in [-0.05, 0) is 17.7 Å². The van der Waals surface area contributed by atoms with Crippen LogP contribution in [0.25, 0.3) is 0 Å². The van der Waals surface area contributed by atoms with Crippen LogP contribution in [0, 0.1) is 0 Å². The molecule has 1 nitrogen and oxygen atoms in total. The first-order valence-corrected chi connectivity index (χ1v) is 4.68. The van der Waals surface area contributed by atoms with Crippen LogP contribution in [0.4, 0.5) is 0 Å². The number of benzene rings is 1. The molecule has 0 radical (unpaired) electrons. The summed E-state index contributed by atoms with van der Waals surface area (Å²) >= 11 is 3.39. The van der Waals surface area contributed by atoms with Crippen molar-refractivity contribution in [2.24, 2.45) is 0 Å². The Hall–Kier alpha value is -0.310. The van der Waals surface area contributed by atoms with E-state index >= 15 is 0 Å². The predicted octanol–water partition coefficient (Wildman–Crippen LogP) is -0.271. The minimum Gasteiger partial charge on any atom is -1.00 e. The number of halogens is 2. The Morgan fingerprint density at radius 3 is 2.46 bits per heavy atom. The summed E-state index contributed by atoms with van der Waals surface area (Å²) in [4.78, 5) is 0. The molecule has 0 saturated heterocycles. The Kier molecular flexibility index (Phi) is 6.96. The first-order valence-electron chi connectivity index (χ1n) is 3.89. The molecule has 1 rings (SSSR count). The van der Waals surface area contributed by atoms with Gasteiger partial charge in [0.15, 0.2) is 0 Å². The lowest BCUT2D eigenvalue weighted by Gasteiger charge is -2.01. The molecule has 0 aliphatic heterocycles. The largest absolute Gasteiger partial charge is 1.00 e. The van der Waals surface area contributed by atoms with Crippen LogP contribution in [0.1, 0.15) is 5.56 Å². The summed E-state index contributed by atoms with van der Waals surface area (Å²) in [5.41, 5.74) is 1.29. The van der Waals surface area contributed by atoms with Crippen LogP contribution >= 0.6 is 15.9 Å². The van der Waals surface area contributed by atoms with E-state index < -0.39 is 0 Å². The molecule has 1 aromatic carbocycles. The third-order valence-electron chi connectivity index (χ3n) is 1.53. The van der Waals surface area contributed by atoms with Crippen LogP contribution in [0.3, 0.4) is 0 Å². The van der Waals surface area contributed by atoms with Gasteiger partial charge in [0.05, 0.1) is 0 Å². The zero-order valence-electron chi connectivity index (χ0n) is 7.26. The van der Waals surface area contributed by atoms with Gasteiger partial charge in [0, 0.05) is 17.6 Å². The summed E-state index contributed by atoms with van der Waals surface area (Å²) in [6, 6.07) is 8.29. The maximum atomic E-state index is 3.64. The fraction of sp³-hybridized carbons (Fsp3) is 0.200. The van der Waals surface area contributed by atoms with E-state index in [0.717, 1.165) is 17.6 Å². The van der Waals surface area contributed by atoms with E-state index in [1.54, 1.807) is 0 Å². The molecule has 1 N–H and O–H groups in total. The summed E-state index contributed by atoms with van der Waals surface area (Å²) in [6.07, 6.45) is 1.86. The van der Waals surface area contributed by atoms with Crippen LogP contribution < -0.4 is 17.7 Å². The van der Waals surface area contributed by atoms with Crippen molar-refractivity contribution < 1.29 is 12.4 Å². The molecule has 0 bridgehead atoms. The van der Waals surface area contributed by atoms with Crippen molar-refractivity contribution in [2.75, 3.05) is 6.54 Å². The van der Waals surface area contributed by atoms with Gasteiger partial charge in [-0.15, -0.1) is 6.58 Å². The minimum atomic E-state index is 0. The lowest BCUT2D eigenvalue weighted by Crippen LogP contribution is -3.00. The molecule has 0 aromatic heterocycles. The molecule has 0 heterocycles. The second-order valence-electron chi connectivity index (χ2n) is 2.55. The van der Waals surface area contributed by atoms with Gasteiger partial charge in [-0.25, -0.2) is 0 Å². The molecule has 72 valence electrons. The fourth-order valence-corrected chi connectivity index (χ4v) is 1.19. The summed E-state index contributed by atoms with van der Waals surface area (Å²) in [6.45, 7) is 5.40. The third-order valence-corrected chi connectivity index (χ3v) is 2.06. The molecule has 0 aliphatic carbocycles. The van der Waals surface area contributed by atoms with E-state index in [1.165, 1.54) is 5.56 Å². The zero-order chi connectivity index (χ0) is 8.81. The first kappa shape index (κ1) is 12.7. The maximum Gasteiger partial charge on any atom is 0.0208 e. The molecule has 0 fully saturated rings. The average molecular weight is 262 g/mol. The summed E-state index contributed by atoms with van der Waals surface area (Å²) in [7, 11) is 0. The number of nitrogens with one attached hydrogen (secondary N) is 1. The topological polar surface area (TPSA) is 12.0 Å². The van der Waals surface area contributed by atoms with Gasteiger partial charge >= 0.3 is 0 Å². The summed E-state index contributed by atoms with van der Waals surface area (Å²) < 4.78 is 1.12. The molecule has 13 heavy (non-hydrogen) atoms. The number of hydrogen-bond donors (Lipinski definition) is 1. The summed E-state index contributed by atoms with van der Waals surface area (Å²) in [5, 5.41) is 3.24. The molecule has 1 aromatic rings. The molecule has 0 aliphatic rings. The van der Waals surface area contributed by atoms with Crippen LogP contribution in [0.2, 0.25) is 0 Å². The first-order chi connectivity index (χ1) is 5.83. The monoisotopic (exact) mass is 260 g/mol. The molecule has 0 spiro atoms. The standard InChI is InChI=1S/C10H12BrN.ClH/c1-2-7-12-8-9-3-5-10(11)6-4-9;/h2-6,12H,1,7-8H2;1H/p-1. The smallest absolute Gasteiger partial charge is 0.0208 e. The van der Waals surface area contributed by atoms with Gasteiger partial charge in [-0.3, -0.25) is 0 Å². The van der Waals surface area contributed by atoms with Gasteiger partial charge in [-0.2, -0.15) is 0 Å². The van der Waals surface area contributed by atoms with E-state index in [-0.39, 0.29) is 12.4 Å². The number of rotatable bonds is 4. The SMILES string of the molecule is C=CCNCc1ccc(Br)cc1.[Cl-]. The molecule has 0 saturated carbocycles.